The van der Waals surface area contributed by atoms with Crippen molar-refractivity contribution in [2.45, 2.75) is 0 Å². The summed E-state index contributed by atoms with van der Waals surface area (Å²) in [5, 5.41) is 4.41. The van der Waals surface area contributed by atoms with Crippen LogP contribution in [-0.4, -0.2) is 14.8 Å². The van der Waals surface area contributed by atoms with E-state index in [1.807, 2.05) is 18.2 Å². The number of aromatic nitrogens is 3. The fraction of sp³-hybridized carbons (Fsp3) is 0.0667. The maximum Gasteiger partial charge on any atom is 0.129 e. The first-order valence-electron chi connectivity index (χ1n) is 6.16. The number of anilines is 1. The second-order valence-electron chi connectivity index (χ2n) is 4.45. The van der Waals surface area contributed by atoms with E-state index < -0.39 is 0 Å². The first-order chi connectivity index (χ1) is 9.66. The lowest BCUT2D eigenvalue weighted by Gasteiger charge is -2.04. The summed E-state index contributed by atoms with van der Waals surface area (Å²) in [6, 6.07) is 11.8. The Bertz CT molecular complexity index is 733. The first-order valence-corrected chi connectivity index (χ1v) is 6.16. The van der Waals surface area contributed by atoms with Crippen molar-refractivity contribution < 1.29 is 4.39 Å². The summed E-state index contributed by atoms with van der Waals surface area (Å²) >= 11 is 0. The van der Waals surface area contributed by atoms with Gasteiger partial charge >= 0.3 is 0 Å². The molecule has 0 saturated carbocycles. The average molecular weight is 268 g/mol. The zero-order valence-corrected chi connectivity index (χ0v) is 10.9. The van der Waals surface area contributed by atoms with Crippen molar-refractivity contribution in [1.82, 2.24) is 14.8 Å². The van der Waals surface area contributed by atoms with E-state index in [2.05, 4.69) is 10.1 Å². The number of nitrogen functional groups attached to an aromatic ring is 1. The van der Waals surface area contributed by atoms with Gasteiger partial charge in [0.2, 0.25) is 0 Å². The Morgan fingerprint density at radius 1 is 1.10 bits per heavy atom. The minimum atomic E-state index is -0.282. The van der Waals surface area contributed by atoms with Gasteiger partial charge < -0.3 is 5.73 Å². The van der Waals surface area contributed by atoms with E-state index in [1.165, 1.54) is 12.1 Å². The van der Waals surface area contributed by atoms with E-state index in [0.29, 0.717) is 11.5 Å². The van der Waals surface area contributed by atoms with Crippen LogP contribution in [0.1, 0.15) is 0 Å². The lowest BCUT2D eigenvalue weighted by Crippen LogP contribution is -1.98. The molecular formula is C15H13FN4. The molecule has 0 spiro atoms. The fourth-order valence-electron chi connectivity index (χ4n) is 2.12. The van der Waals surface area contributed by atoms with Gasteiger partial charge in [0.05, 0.1) is 11.3 Å². The predicted molar refractivity (Wildman–Crippen MR) is 76.2 cm³/mol. The molecule has 5 heteroatoms. The molecule has 2 aromatic heterocycles. The lowest BCUT2D eigenvalue weighted by molar-refractivity contribution is 0.628. The maximum atomic E-state index is 13.1. The number of aryl methyl sites for hydroxylation is 1. The highest BCUT2D eigenvalue weighted by Crippen LogP contribution is 2.34. The number of hydrogen-bond donors (Lipinski definition) is 1. The summed E-state index contributed by atoms with van der Waals surface area (Å²) in [5.41, 5.74) is 9.10. The molecule has 0 atom stereocenters. The topological polar surface area (TPSA) is 56.7 Å². The van der Waals surface area contributed by atoms with Crippen LogP contribution in [0.3, 0.4) is 0 Å². The van der Waals surface area contributed by atoms with Crippen LogP contribution in [0.25, 0.3) is 22.5 Å². The molecule has 100 valence electrons. The molecule has 0 amide bonds. The molecule has 4 nitrogen and oxygen atoms in total. The van der Waals surface area contributed by atoms with E-state index in [-0.39, 0.29) is 5.82 Å². The van der Waals surface area contributed by atoms with E-state index in [9.17, 15) is 4.39 Å². The highest BCUT2D eigenvalue weighted by atomic mass is 19.1. The number of rotatable bonds is 2. The number of benzene rings is 1. The van der Waals surface area contributed by atoms with Gasteiger partial charge in [0, 0.05) is 13.2 Å². The normalized spacial score (nSPS) is 10.7. The molecule has 2 heterocycles. The van der Waals surface area contributed by atoms with E-state index in [1.54, 1.807) is 30.1 Å². The molecular weight excluding hydrogens is 255 g/mol. The molecule has 0 saturated heterocycles. The Balaban J connectivity index is 2.22. The summed E-state index contributed by atoms with van der Waals surface area (Å²) in [4.78, 5) is 4.30. The quantitative estimate of drug-likeness (QED) is 0.777. The number of nitrogens with two attached hydrogens (primary N) is 1. The lowest BCUT2D eigenvalue weighted by atomic mass is 10.0. The van der Waals surface area contributed by atoms with Crippen molar-refractivity contribution >= 4 is 5.82 Å². The summed E-state index contributed by atoms with van der Waals surface area (Å²) in [6.07, 6.45) is 1.70. The van der Waals surface area contributed by atoms with Crippen molar-refractivity contribution in [1.29, 1.82) is 0 Å². The molecule has 0 aliphatic carbocycles. The van der Waals surface area contributed by atoms with Crippen LogP contribution in [0.4, 0.5) is 10.2 Å². The molecule has 0 fully saturated rings. The summed E-state index contributed by atoms with van der Waals surface area (Å²) in [7, 11) is 1.77. The van der Waals surface area contributed by atoms with Gasteiger partial charge in [-0.1, -0.05) is 18.2 Å². The van der Waals surface area contributed by atoms with Crippen molar-refractivity contribution in [3.8, 4) is 22.5 Å². The zero-order valence-electron chi connectivity index (χ0n) is 10.9. The Morgan fingerprint density at radius 2 is 1.85 bits per heavy atom. The van der Waals surface area contributed by atoms with Gasteiger partial charge in [-0.15, -0.1) is 0 Å². The molecule has 0 aliphatic heterocycles. The smallest absolute Gasteiger partial charge is 0.129 e. The van der Waals surface area contributed by atoms with Gasteiger partial charge in [-0.2, -0.15) is 5.10 Å². The van der Waals surface area contributed by atoms with Crippen molar-refractivity contribution in [3.05, 3.63) is 54.5 Å². The number of hydrogen-bond acceptors (Lipinski definition) is 3. The van der Waals surface area contributed by atoms with Crippen LogP contribution in [0.2, 0.25) is 0 Å². The third-order valence-corrected chi connectivity index (χ3v) is 3.13. The molecule has 20 heavy (non-hydrogen) atoms. The molecule has 3 aromatic rings. The second-order valence-corrected chi connectivity index (χ2v) is 4.45. The molecule has 0 bridgehead atoms. The molecule has 0 aliphatic rings. The zero-order chi connectivity index (χ0) is 14.1. The van der Waals surface area contributed by atoms with Crippen LogP contribution in [-0.2, 0) is 7.05 Å². The SMILES string of the molecule is Cn1nc(-c2ccccn2)c(-c2ccc(F)cc2)c1N. The van der Waals surface area contributed by atoms with Crippen LogP contribution >= 0.6 is 0 Å². The average Bonchev–Trinajstić information content (AvgIpc) is 2.77. The van der Waals surface area contributed by atoms with Gasteiger partial charge in [-0.05, 0) is 29.8 Å². The Labute approximate surface area is 115 Å². The van der Waals surface area contributed by atoms with Gasteiger partial charge in [0.15, 0.2) is 0 Å². The minimum absolute atomic E-state index is 0.282. The summed E-state index contributed by atoms with van der Waals surface area (Å²) in [5.74, 6) is 0.243. The first kappa shape index (κ1) is 12.3. The molecule has 3 rings (SSSR count). The standard InChI is InChI=1S/C15H13FN4/c1-20-15(17)13(10-5-7-11(16)8-6-10)14(19-20)12-4-2-3-9-18-12/h2-9H,17H2,1H3. The molecule has 0 unspecified atom stereocenters. The maximum absolute atomic E-state index is 13.1. The van der Waals surface area contributed by atoms with Crippen molar-refractivity contribution in [3.63, 3.8) is 0 Å². The van der Waals surface area contributed by atoms with Crippen molar-refractivity contribution in [2.75, 3.05) is 5.73 Å². The predicted octanol–water partition coefficient (Wildman–Crippen LogP) is 2.87. The largest absolute Gasteiger partial charge is 0.383 e. The molecule has 1 aromatic carbocycles. The summed E-state index contributed by atoms with van der Waals surface area (Å²) in [6.45, 7) is 0. The van der Waals surface area contributed by atoms with Gasteiger partial charge in [-0.3, -0.25) is 9.67 Å². The number of halogens is 1. The van der Waals surface area contributed by atoms with Gasteiger partial charge in [-0.25, -0.2) is 4.39 Å². The number of pyridine rings is 1. The number of nitrogens with zero attached hydrogens (tertiary/aromatic N) is 3. The van der Waals surface area contributed by atoms with E-state index >= 15 is 0 Å². The molecule has 2 N–H and O–H groups in total. The second kappa shape index (κ2) is 4.77. The van der Waals surface area contributed by atoms with E-state index in [0.717, 1.165) is 16.8 Å². The Hall–Kier alpha value is -2.69. The van der Waals surface area contributed by atoms with Crippen LogP contribution in [0, 0.1) is 5.82 Å². The Kier molecular flexibility index (Phi) is 2.95. The van der Waals surface area contributed by atoms with Crippen LogP contribution in [0.15, 0.2) is 48.7 Å². The highest BCUT2D eigenvalue weighted by Gasteiger charge is 2.17. The van der Waals surface area contributed by atoms with Gasteiger partial charge in [0.1, 0.15) is 17.3 Å². The van der Waals surface area contributed by atoms with E-state index in [4.69, 9.17) is 5.73 Å². The minimum Gasteiger partial charge on any atom is -0.383 e. The summed E-state index contributed by atoms with van der Waals surface area (Å²) < 4.78 is 14.7. The monoisotopic (exact) mass is 268 g/mol. The third kappa shape index (κ3) is 2.03. The van der Waals surface area contributed by atoms with Crippen molar-refractivity contribution in [2.24, 2.45) is 7.05 Å². The third-order valence-electron chi connectivity index (χ3n) is 3.13. The Morgan fingerprint density at radius 3 is 2.50 bits per heavy atom. The molecule has 0 radical (unpaired) electrons. The van der Waals surface area contributed by atoms with Crippen LogP contribution in [0.5, 0.6) is 0 Å². The van der Waals surface area contributed by atoms with Gasteiger partial charge in [0.25, 0.3) is 0 Å². The fourth-order valence-corrected chi connectivity index (χ4v) is 2.12. The van der Waals surface area contributed by atoms with Crippen LogP contribution < -0.4 is 5.73 Å². The highest BCUT2D eigenvalue weighted by molar-refractivity contribution is 5.86.